The molecule has 1 amide bonds. The fourth-order valence-electron chi connectivity index (χ4n) is 5.65. The molecule has 0 radical (unpaired) electrons. The quantitative estimate of drug-likeness (QED) is 0.322. The van der Waals surface area contributed by atoms with E-state index in [4.69, 9.17) is 17.2 Å². The van der Waals surface area contributed by atoms with Gasteiger partial charge in [-0.2, -0.15) is 0 Å². The van der Waals surface area contributed by atoms with Crippen LogP contribution in [0.2, 0.25) is 0 Å². The summed E-state index contributed by atoms with van der Waals surface area (Å²) in [7, 11) is 0. The van der Waals surface area contributed by atoms with E-state index in [2.05, 4.69) is 50.4 Å². The number of para-hydroxylation sites is 1. The van der Waals surface area contributed by atoms with Crippen LogP contribution < -0.4 is 20.0 Å². The zero-order chi connectivity index (χ0) is 27.5. The molecule has 0 spiro atoms. The molecule has 4 heterocycles. The molecule has 0 saturated carbocycles. The molecule has 40 heavy (non-hydrogen) atoms. The largest absolute Gasteiger partial charge is 0.369 e. The molecule has 1 aromatic heterocycles. The molecule has 0 aliphatic carbocycles. The minimum absolute atomic E-state index is 0.00897. The molecule has 6 rings (SSSR count). The molecule has 3 aliphatic heterocycles. The van der Waals surface area contributed by atoms with E-state index < -0.39 is 0 Å². The topological polar surface area (TPSA) is 55.0 Å². The number of nitrogens with zero attached hydrogens (tertiary/aromatic N) is 5. The van der Waals surface area contributed by atoms with Crippen LogP contribution in [0, 0.1) is 5.82 Å². The normalized spacial score (nSPS) is 18.6. The van der Waals surface area contributed by atoms with Crippen LogP contribution in [0.15, 0.2) is 79.0 Å². The molecule has 1 fully saturated rings. The van der Waals surface area contributed by atoms with E-state index in [1.165, 1.54) is 11.8 Å². The Hall–Kier alpha value is -3.82. The summed E-state index contributed by atoms with van der Waals surface area (Å²) in [6, 6.07) is 20.9. The predicted octanol–water partition coefficient (Wildman–Crippen LogP) is 4.60. The van der Waals surface area contributed by atoms with E-state index >= 15 is 0 Å². The van der Waals surface area contributed by atoms with Gasteiger partial charge < -0.3 is 20.0 Å². The summed E-state index contributed by atoms with van der Waals surface area (Å²) in [4.78, 5) is 27.3. The summed E-state index contributed by atoms with van der Waals surface area (Å²) in [5.41, 5.74) is 3.01. The van der Waals surface area contributed by atoms with Crippen molar-refractivity contribution in [2.24, 2.45) is 0 Å². The Morgan fingerprint density at radius 3 is 2.58 bits per heavy atom. The molecule has 1 N–H and O–H groups in total. The van der Waals surface area contributed by atoms with Gasteiger partial charge >= 0.3 is 0 Å². The summed E-state index contributed by atoms with van der Waals surface area (Å²) in [6.07, 6.45) is 5.74. The number of carbonyl (C=O) groups is 1. The zero-order valence-electron chi connectivity index (χ0n) is 22.4. The van der Waals surface area contributed by atoms with Crippen molar-refractivity contribution in [3.63, 3.8) is 0 Å². The standard InChI is InChI=1S/C31H33FN6OS/c32-25-11-5-4-8-23(25)22-38-29-27(37-17-6-12-28(37)31(38)40)14-13-26(34-29)30(39)33-15-7-16-35-18-20-36(21-19-35)24-9-2-1-3-10-24/h1-6,8-11,13-14,17,28H,7,12,15-16,18-22H2,(H,33,39). The summed E-state index contributed by atoms with van der Waals surface area (Å²) < 4.78 is 14.5. The van der Waals surface area contributed by atoms with Crippen LogP contribution in [0.25, 0.3) is 0 Å². The minimum atomic E-state index is -0.283. The lowest BCUT2D eigenvalue weighted by atomic mass is 10.1. The maximum Gasteiger partial charge on any atom is 0.269 e. The number of aromatic nitrogens is 1. The van der Waals surface area contributed by atoms with Crippen LogP contribution in [0.5, 0.6) is 0 Å². The number of piperazine rings is 1. The van der Waals surface area contributed by atoms with Crippen molar-refractivity contribution in [2.75, 3.05) is 54.0 Å². The van der Waals surface area contributed by atoms with Gasteiger partial charge in [0.25, 0.3) is 5.91 Å². The highest BCUT2D eigenvalue weighted by Crippen LogP contribution is 2.39. The summed E-state index contributed by atoms with van der Waals surface area (Å²) in [6.45, 7) is 5.82. The molecule has 1 atom stereocenters. The number of rotatable bonds is 8. The average molecular weight is 557 g/mol. The number of hydrogen-bond donors (Lipinski definition) is 1. The first-order valence-corrected chi connectivity index (χ1v) is 14.3. The van der Waals surface area contributed by atoms with Crippen LogP contribution in [-0.2, 0) is 6.54 Å². The Kier molecular flexibility index (Phi) is 7.75. The van der Waals surface area contributed by atoms with Crippen molar-refractivity contribution in [3.8, 4) is 0 Å². The third-order valence-electron chi connectivity index (χ3n) is 7.85. The second-order valence-electron chi connectivity index (χ2n) is 10.4. The van der Waals surface area contributed by atoms with Gasteiger partial charge in [-0.3, -0.25) is 9.69 Å². The number of fused-ring (bicyclic) bond motifs is 3. The number of thiocarbonyl (C=S) groups is 1. The maximum absolute atomic E-state index is 14.5. The van der Waals surface area contributed by atoms with E-state index in [1.807, 2.05) is 29.3 Å². The third-order valence-corrected chi connectivity index (χ3v) is 8.34. The van der Waals surface area contributed by atoms with E-state index in [-0.39, 0.29) is 24.3 Å². The van der Waals surface area contributed by atoms with Crippen molar-refractivity contribution >= 4 is 40.3 Å². The molecule has 0 bridgehead atoms. The van der Waals surface area contributed by atoms with Crippen LogP contribution >= 0.6 is 12.2 Å². The smallest absolute Gasteiger partial charge is 0.269 e. The van der Waals surface area contributed by atoms with Gasteiger partial charge in [-0.1, -0.05) is 54.7 Å². The van der Waals surface area contributed by atoms with Gasteiger partial charge in [-0.15, -0.1) is 0 Å². The van der Waals surface area contributed by atoms with Gasteiger partial charge in [0, 0.05) is 50.2 Å². The fraction of sp³-hybridized carbons (Fsp3) is 0.323. The Labute approximate surface area is 239 Å². The van der Waals surface area contributed by atoms with Gasteiger partial charge in [0.05, 0.1) is 18.3 Å². The predicted molar refractivity (Wildman–Crippen MR) is 161 cm³/mol. The number of pyridine rings is 1. The number of nitrogens with one attached hydrogen (secondary N) is 1. The minimum Gasteiger partial charge on any atom is -0.369 e. The second-order valence-corrected chi connectivity index (χ2v) is 10.8. The van der Waals surface area contributed by atoms with Crippen LogP contribution in [0.4, 0.5) is 21.6 Å². The monoisotopic (exact) mass is 556 g/mol. The molecular formula is C31H33FN6OS. The summed E-state index contributed by atoms with van der Waals surface area (Å²) in [5, 5.41) is 3.03. The van der Waals surface area contributed by atoms with Crippen molar-refractivity contribution in [3.05, 3.63) is 96.1 Å². The number of carbonyl (C=O) groups excluding carboxylic acids is 1. The van der Waals surface area contributed by atoms with Crippen LogP contribution in [-0.4, -0.2) is 66.1 Å². The lowest BCUT2D eigenvalue weighted by molar-refractivity contribution is 0.0946. The van der Waals surface area contributed by atoms with Gasteiger partial charge in [-0.25, -0.2) is 9.37 Å². The number of halogens is 1. The van der Waals surface area contributed by atoms with Gasteiger partial charge in [0.1, 0.15) is 16.5 Å². The van der Waals surface area contributed by atoms with Crippen LogP contribution in [0.3, 0.4) is 0 Å². The third kappa shape index (κ3) is 5.44. The maximum atomic E-state index is 14.5. The number of benzene rings is 2. The highest BCUT2D eigenvalue weighted by molar-refractivity contribution is 7.80. The van der Waals surface area contributed by atoms with Crippen molar-refractivity contribution in [1.82, 2.24) is 15.2 Å². The van der Waals surface area contributed by atoms with Crippen molar-refractivity contribution in [2.45, 2.75) is 25.4 Å². The summed E-state index contributed by atoms with van der Waals surface area (Å²) >= 11 is 5.85. The number of hydrogen-bond acceptors (Lipinski definition) is 6. The fourth-order valence-corrected chi connectivity index (χ4v) is 6.01. The first-order chi connectivity index (χ1) is 19.6. The number of amides is 1. The van der Waals surface area contributed by atoms with Gasteiger partial charge in [0.15, 0.2) is 5.82 Å². The van der Waals surface area contributed by atoms with E-state index in [1.54, 1.807) is 18.2 Å². The molecular weight excluding hydrogens is 523 g/mol. The Morgan fingerprint density at radius 2 is 1.77 bits per heavy atom. The number of anilines is 3. The Morgan fingerprint density at radius 1 is 1.00 bits per heavy atom. The van der Waals surface area contributed by atoms with Crippen molar-refractivity contribution in [1.29, 1.82) is 0 Å². The lowest BCUT2D eigenvalue weighted by Gasteiger charge is -2.40. The summed E-state index contributed by atoms with van der Waals surface area (Å²) in [5.74, 6) is 0.0849. The molecule has 2 aromatic carbocycles. The molecule has 3 aromatic rings. The zero-order valence-corrected chi connectivity index (χ0v) is 23.2. The Balaban J connectivity index is 1.07. The second kappa shape index (κ2) is 11.7. The van der Waals surface area contributed by atoms with E-state index in [9.17, 15) is 9.18 Å². The molecule has 3 aliphatic rings. The lowest BCUT2D eigenvalue weighted by Crippen LogP contribution is -2.49. The van der Waals surface area contributed by atoms with Crippen molar-refractivity contribution < 1.29 is 9.18 Å². The SMILES string of the molecule is O=C(NCCCN1CCN(c2ccccc2)CC1)c1ccc2c(n1)N(Cc1ccccc1F)C(=S)C1CC=CN21. The molecule has 9 heteroatoms. The highest BCUT2D eigenvalue weighted by Gasteiger charge is 2.37. The van der Waals surface area contributed by atoms with Gasteiger partial charge in [0.2, 0.25) is 0 Å². The van der Waals surface area contributed by atoms with Gasteiger partial charge in [-0.05, 0) is 49.7 Å². The molecule has 1 unspecified atom stereocenters. The van der Waals surface area contributed by atoms with E-state index in [0.29, 0.717) is 28.6 Å². The molecule has 1 saturated heterocycles. The molecule has 206 valence electrons. The highest BCUT2D eigenvalue weighted by atomic mass is 32.1. The van der Waals surface area contributed by atoms with E-state index in [0.717, 1.165) is 51.3 Å². The molecule has 7 nitrogen and oxygen atoms in total. The van der Waals surface area contributed by atoms with Crippen LogP contribution in [0.1, 0.15) is 28.9 Å². The first kappa shape index (κ1) is 26.4. The Bertz CT molecular complexity index is 1410. The average Bonchev–Trinajstić information content (AvgIpc) is 3.49. The first-order valence-electron chi connectivity index (χ1n) is 13.9.